The van der Waals surface area contributed by atoms with Gasteiger partial charge in [-0.3, -0.25) is 0 Å². The standard InChI is InChI=1S/C126H78N4O4S2/c1-75-60-65-84(66-61-75)127(102-53-25-47-95-93-44-19-23-57-110(93)131-119(95)102)106-71-79-34-9-13-40-89(79)115-116-90-41-14-10-35-80(90)72-107(124(116)135-123(106)115)128(85-67-62-76(2)63-68-85)103-54-27-49-97-99-70-83(64-69-112(99)133-121(97)103)88-46-29-59-113-114(88)98-50-28-56-105(122(98)134-113)130(101-52-22-18-39-87(101)78-32-7-4-8-33-78)109-74-82-37-12-16-43-92(82)118-117-91-42-15-11-36-81(91)73-108(125(117)136-126(109)118)129(100-51-21-17-38-86(100)77-30-5-3-6-31-77)104-55-26-48-96-94-45-20-24-58-111(94)132-120(96)104/h3-74H,1-2H3. The first-order valence-corrected chi connectivity index (χ1v) is 47.9. The zero-order valence-electron chi connectivity index (χ0n) is 73.8. The summed E-state index contributed by atoms with van der Waals surface area (Å²) in [6.45, 7) is 4.32. The van der Waals surface area contributed by atoms with E-state index in [0.29, 0.717) is 0 Å². The normalized spacial score (nSPS) is 12.0. The molecule has 6 heterocycles. The van der Waals surface area contributed by atoms with Crippen LogP contribution in [0.25, 0.3) is 205 Å². The Balaban J connectivity index is 0.642. The Labute approximate surface area is 788 Å². The number of thiophene rings is 2. The Hall–Kier alpha value is -17.3. The molecule has 0 saturated heterocycles. The second kappa shape index (κ2) is 30.7. The highest BCUT2D eigenvalue weighted by Crippen LogP contribution is 2.60. The van der Waals surface area contributed by atoms with E-state index in [-0.39, 0.29) is 0 Å². The number of para-hydroxylation sites is 8. The third-order valence-electron chi connectivity index (χ3n) is 27.9. The largest absolute Gasteiger partial charge is 0.454 e. The highest BCUT2D eigenvalue weighted by atomic mass is 32.1. The van der Waals surface area contributed by atoms with Gasteiger partial charge in [-0.05, 0) is 194 Å². The third kappa shape index (κ3) is 11.9. The van der Waals surface area contributed by atoms with Gasteiger partial charge in [-0.25, -0.2) is 0 Å². The maximum atomic E-state index is 7.66. The van der Waals surface area contributed by atoms with Gasteiger partial charge in [0, 0.05) is 87.1 Å². The van der Waals surface area contributed by atoms with Gasteiger partial charge in [-0.1, -0.05) is 333 Å². The van der Waals surface area contributed by atoms with Gasteiger partial charge in [0.15, 0.2) is 22.3 Å². The maximum absolute atomic E-state index is 7.66. The van der Waals surface area contributed by atoms with E-state index in [1.807, 2.05) is 22.7 Å². The number of anilines is 12. The van der Waals surface area contributed by atoms with E-state index in [0.717, 1.165) is 241 Å². The van der Waals surface area contributed by atoms with Crippen LogP contribution in [0, 0.1) is 13.8 Å². The summed E-state index contributed by atoms with van der Waals surface area (Å²) in [5, 5.41) is 22.2. The fourth-order valence-electron chi connectivity index (χ4n) is 21.8. The summed E-state index contributed by atoms with van der Waals surface area (Å²) in [5.74, 6) is 0. The molecule has 0 amide bonds. The molecule has 0 aliphatic heterocycles. The second-order valence-corrected chi connectivity index (χ2v) is 37.7. The lowest BCUT2D eigenvalue weighted by molar-refractivity contribution is 0.668. The molecular formula is C126H78N4O4S2. The molecule has 0 fully saturated rings. The number of benzene rings is 22. The SMILES string of the molecule is Cc1ccc(N(c2cccc3c2oc2ccccc23)c2cc3ccccc3c3c2sc2c(N(c4ccc(C)cc4)c4cccc5c4oc4ccc(-c6cccc7oc8c(N(c9ccccc9-c9ccccc9)c9cc%10ccccc%10c%10c9sc9c(N(c%11ccccc%11-c%11ccccc%11)c%11cccc%12c%11oc%11ccccc%11%12)cc%11ccccc%11c9%10)cccc8c67)cc45)cc4ccccc4c23)cc1. The molecule has 0 N–H and O–H groups in total. The second-order valence-electron chi connectivity index (χ2n) is 35.7. The average Bonchev–Trinajstić information content (AvgIpc) is 1.55. The van der Waals surface area contributed by atoms with Crippen LogP contribution >= 0.6 is 22.7 Å². The summed E-state index contributed by atoms with van der Waals surface area (Å²) < 4.78 is 33.8. The minimum absolute atomic E-state index is 0.759. The van der Waals surface area contributed by atoms with E-state index in [1.54, 1.807) is 0 Å². The summed E-state index contributed by atoms with van der Waals surface area (Å²) >= 11 is 3.70. The van der Waals surface area contributed by atoms with Crippen molar-refractivity contribution in [2.24, 2.45) is 0 Å². The lowest BCUT2D eigenvalue weighted by Crippen LogP contribution is -2.12. The summed E-state index contributed by atoms with van der Waals surface area (Å²) in [4.78, 5) is 9.88. The molecule has 0 radical (unpaired) electrons. The minimum atomic E-state index is 0.759. The van der Waals surface area contributed by atoms with Crippen molar-refractivity contribution in [3.63, 3.8) is 0 Å². The van der Waals surface area contributed by atoms with Crippen molar-refractivity contribution >= 4 is 262 Å². The molecule has 0 bridgehead atoms. The summed E-state index contributed by atoms with van der Waals surface area (Å²) in [6, 6.07) is 159. The van der Waals surface area contributed by atoms with E-state index in [9.17, 15) is 0 Å². The molecule has 0 unspecified atom stereocenters. The molecule has 0 spiro atoms. The van der Waals surface area contributed by atoms with Crippen molar-refractivity contribution in [1.82, 2.24) is 0 Å². The Bertz CT molecular complexity index is 9830. The third-order valence-corrected chi connectivity index (χ3v) is 30.3. The number of fused-ring (bicyclic) bond motifs is 26. The molecule has 28 aromatic rings. The molecule has 136 heavy (non-hydrogen) atoms. The van der Waals surface area contributed by atoms with Gasteiger partial charge >= 0.3 is 0 Å². The minimum Gasteiger partial charge on any atom is -0.454 e. The zero-order chi connectivity index (χ0) is 89.5. The van der Waals surface area contributed by atoms with Crippen LogP contribution in [0.2, 0.25) is 0 Å². The molecular weight excluding hydrogens is 1700 g/mol. The predicted molar refractivity (Wildman–Crippen MR) is 576 cm³/mol. The van der Waals surface area contributed by atoms with Gasteiger partial charge in [-0.2, -0.15) is 0 Å². The molecule has 22 aromatic carbocycles. The lowest BCUT2D eigenvalue weighted by atomic mass is 9.96. The molecule has 0 aliphatic rings. The molecule has 0 saturated carbocycles. The van der Waals surface area contributed by atoms with Crippen molar-refractivity contribution in [2.75, 3.05) is 19.6 Å². The van der Waals surface area contributed by atoms with E-state index in [4.69, 9.17) is 17.7 Å². The van der Waals surface area contributed by atoms with Crippen LogP contribution in [0.5, 0.6) is 0 Å². The number of hydrogen-bond acceptors (Lipinski definition) is 10. The van der Waals surface area contributed by atoms with E-state index in [1.165, 1.54) is 43.4 Å². The van der Waals surface area contributed by atoms with Crippen molar-refractivity contribution in [3.05, 3.63) is 448 Å². The van der Waals surface area contributed by atoms with Crippen LogP contribution in [0.1, 0.15) is 11.1 Å². The van der Waals surface area contributed by atoms with Crippen LogP contribution in [-0.2, 0) is 0 Å². The van der Waals surface area contributed by atoms with E-state index < -0.39 is 0 Å². The summed E-state index contributed by atoms with van der Waals surface area (Å²) in [6.07, 6.45) is 0. The van der Waals surface area contributed by atoms with Crippen molar-refractivity contribution in [1.29, 1.82) is 0 Å². The molecule has 28 rings (SSSR count). The maximum Gasteiger partial charge on any atom is 0.159 e. The number of hydrogen-bond donors (Lipinski definition) is 0. The van der Waals surface area contributed by atoms with Gasteiger partial charge in [0.1, 0.15) is 22.3 Å². The van der Waals surface area contributed by atoms with Gasteiger partial charge in [0.25, 0.3) is 0 Å². The molecule has 10 heteroatoms. The first-order chi connectivity index (χ1) is 67.3. The smallest absolute Gasteiger partial charge is 0.159 e. The Morgan fingerprint density at radius 3 is 0.897 bits per heavy atom. The first-order valence-electron chi connectivity index (χ1n) is 46.2. The van der Waals surface area contributed by atoms with Crippen LogP contribution in [0.15, 0.2) is 454 Å². The summed E-state index contributed by atoms with van der Waals surface area (Å²) in [7, 11) is 0. The number of rotatable bonds is 15. The monoisotopic (exact) mass is 1770 g/mol. The number of furan rings is 4. The predicted octanol–water partition coefficient (Wildman–Crippen LogP) is 38.1. The van der Waals surface area contributed by atoms with Crippen LogP contribution < -0.4 is 19.6 Å². The number of nitrogens with zero attached hydrogens (tertiary/aromatic N) is 4. The molecule has 6 aromatic heterocycles. The van der Waals surface area contributed by atoms with Gasteiger partial charge in [0.05, 0.1) is 75.7 Å². The Kier molecular flexibility index (Phi) is 17.5. The number of aryl methyl sites for hydroxylation is 2. The fourth-order valence-corrected chi connectivity index (χ4v) is 24.4. The molecule has 638 valence electrons. The van der Waals surface area contributed by atoms with Crippen molar-refractivity contribution < 1.29 is 17.7 Å². The molecule has 8 nitrogen and oxygen atoms in total. The molecule has 0 atom stereocenters. The fraction of sp³-hybridized carbons (Fsp3) is 0.0159. The topological polar surface area (TPSA) is 65.5 Å². The zero-order valence-corrected chi connectivity index (χ0v) is 75.4. The quantitative estimate of drug-likeness (QED) is 0.101. The lowest BCUT2D eigenvalue weighted by Gasteiger charge is -2.29. The summed E-state index contributed by atoms with van der Waals surface area (Å²) in [5.41, 5.74) is 27.1. The highest BCUT2D eigenvalue weighted by Gasteiger charge is 2.34. The molecule has 0 aliphatic carbocycles. The Morgan fingerprint density at radius 1 is 0.176 bits per heavy atom. The first kappa shape index (κ1) is 77.5. The van der Waals surface area contributed by atoms with Gasteiger partial charge in [0.2, 0.25) is 0 Å². The van der Waals surface area contributed by atoms with Gasteiger partial charge in [-0.15, -0.1) is 22.7 Å². The van der Waals surface area contributed by atoms with Crippen LogP contribution in [-0.4, -0.2) is 0 Å². The van der Waals surface area contributed by atoms with E-state index >= 15 is 0 Å². The van der Waals surface area contributed by atoms with Crippen LogP contribution in [0.4, 0.5) is 68.2 Å². The van der Waals surface area contributed by atoms with Gasteiger partial charge < -0.3 is 37.3 Å². The van der Waals surface area contributed by atoms with Crippen molar-refractivity contribution in [3.8, 4) is 33.4 Å². The van der Waals surface area contributed by atoms with E-state index in [2.05, 4.69) is 470 Å². The Morgan fingerprint density at radius 2 is 0.471 bits per heavy atom. The van der Waals surface area contributed by atoms with Crippen LogP contribution in [0.3, 0.4) is 0 Å². The highest BCUT2D eigenvalue weighted by molar-refractivity contribution is 7.28. The average molecular weight is 1780 g/mol. The van der Waals surface area contributed by atoms with Crippen molar-refractivity contribution in [2.45, 2.75) is 13.8 Å².